The SMILES string of the molecule is CC(C)N(CCCC(C)(C)C#N)Cc1ccc(N)cc1. The lowest BCUT2D eigenvalue weighted by Gasteiger charge is -2.27. The van der Waals surface area contributed by atoms with Gasteiger partial charge in [-0.3, -0.25) is 4.90 Å². The Hall–Kier alpha value is -1.53. The number of nitrogen functional groups attached to an aromatic ring is 1. The first-order valence-corrected chi connectivity index (χ1v) is 7.34. The van der Waals surface area contributed by atoms with E-state index in [0.717, 1.165) is 31.6 Å². The minimum Gasteiger partial charge on any atom is -0.399 e. The third-order valence-electron chi connectivity index (χ3n) is 3.65. The van der Waals surface area contributed by atoms with Crippen LogP contribution in [0.2, 0.25) is 0 Å². The quantitative estimate of drug-likeness (QED) is 0.769. The average Bonchev–Trinajstić information content (AvgIpc) is 2.39. The van der Waals surface area contributed by atoms with Crippen molar-refractivity contribution in [3.63, 3.8) is 0 Å². The summed E-state index contributed by atoms with van der Waals surface area (Å²) in [7, 11) is 0. The summed E-state index contributed by atoms with van der Waals surface area (Å²) in [5.41, 5.74) is 7.59. The zero-order chi connectivity index (χ0) is 15.2. The van der Waals surface area contributed by atoms with Gasteiger partial charge in [0.25, 0.3) is 0 Å². The van der Waals surface area contributed by atoms with Crippen LogP contribution in [0.1, 0.15) is 46.1 Å². The summed E-state index contributed by atoms with van der Waals surface area (Å²) < 4.78 is 0. The first kappa shape index (κ1) is 16.5. The maximum Gasteiger partial charge on any atom is 0.0683 e. The number of nitrogens with zero attached hydrogens (tertiary/aromatic N) is 2. The molecular formula is C17H27N3. The number of rotatable bonds is 7. The van der Waals surface area contributed by atoms with E-state index < -0.39 is 0 Å². The molecular weight excluding hydrogens is 246 g/mol. The van der Waals surface area contributed by atoms with E-state index in [4.69, 9.17) is 11.0 Å². The van der Waals surface area contributed by atoms with Crippen LogP contribution in [0.5, 0.6) is 0 Å². The van der Waals surface area contributed by atoms with Crippen molar-refractivity contribution in [3.8, 4) is 6.07 Å². The molecule has 2 N–H and O–H groups in total. The molecule has 0 atom stereocenters. The molecule has 0 fully saturated rings. The summed E-state index contributed by atoms with van der Waals surface area (Å²) in [4.78, 5) is 2.44. The van der Waals surface area contributed by atoms with Crippen LogP contribution < -0.4 is 5.73 Å². The van der Waals surface area contributed by atoms with Crippen LogP contribution in [0.15, 0.2) is 24.3 Å². The molecule has 3 heteroatoms. The summed E-state index contributed by atoms with van der Waals surface area (Å²) in [6.07, 6.45) is 1.99. The molecule has 1 aromatic carbocycles. The fourth-order valence-corrected chi connectivity index (χ4v) is 2.16. The zero-order valence-electron chi connectivity index (χ0n) is 13.2. The molecule has 1 rings (SSSR count). The van der Waals surface area contributed by atoms with Gasteiger partial charge in [-0.1, -0.05) is 12.1 Å². The average molecular weight is 273 g/mol. The third kappa shape index (κ3) is 5.63. The van der Waals surface area contributed by atoms with E-state index in [2.05, 4.69) is 36.9 Å². The summed E-state index contributed by atoms with van der Waals surface area (Å²) in [5.74, 6) is 0. The Balaban J connectivity index is 2.53. The molecule has 110 valence electrons. The van der Waals surface area contributed by atoms with Crippen molar-refractivity contribution in [3.05, 3.63) is 29.8 Å². The minimum atomic E-state index is -0.218. The van der Waals surface area contributed by atoms with Crippen LogP contribution in [-0.2, 0) is 6.54 Å². The zero-order valence-corrected chi connectivity index (χ0v) is 13.2. The van der Waals surface area contributed by atoms with E-state index in [1.54, 1.807) is 0 Å². The Bertz CT molecular complexity index is 440. The summed E-state index contributed by atoms with van der Waals surface area (Å²) in [5, 5.41) is 9.05. The molecule has 3 nitrogen and oxygen atoms in total. The predicted octanol–water partition coefficient (Wildman–Crippen LogP) is 3.81. The third-order valence-corrected chi connectivity index (χ3v) is 3.65. The molecule has 0 amide bonds. The van der Waals surface area contributed by atoms with Crippen LogP contribution in [0.4, 0.5) is 5.69 Å². The van der Waals surface area contributed by atoms with Crippen LogP contribution in [0.25, 0.3) is 0 Å². The van der Waals surface area contributed by atoms with Crippen LogP contribution in [0.3, 0.4) is 0 Å². The minimum absolute atomic E-state index is 0.218. The number of nitrogens with two attached hydrogens (primary N) is 1. The Morgan fingerprint density at radius 2 is 1.85 bits per heavy atom. The summed E-state index contributed by atoms with van der Waals surface area (Å²) in [6.45, 7) is 10.4. The van der Waals surface area contributed by atoms with E-state index in [1.807, 2.05) is 26.0 Å². The number of benzene rings is 1. The molecule has 0 aliphatic heterocycles. The molecule has 20 heavy (non-hydrogen) atoms. The van der Waals surface area contributed by atoms with Crippen molar-refractivity contribution in [2.75, 3.05) is 12.3 Å². The van der Waals surface area contributed by atoms with Gasteiger partial charge >= 0.3 is 0 Å². The second-order valence-electron chi connectivity index (χ2n) is 6.41. The predicted molar refractivity (Wildman–Crippen MR) is 85.0 cm³/mol. The lowest BCUT2D eigenvalue weighted by atomic mass is 9.89. The Morgan fingerprint density at radius 3 is 2.35 bits per heavy atom. The maximum atomic E-state index is 9.05. The van der Waals surface area contributed by atoms with Crippen molar-refractivity contribution in [1.82, 2.24) is 4.90 Å². The van der Waals surface area contributed by atoms with Crippen LogP contribution in [-0.4, -0.2) is 17.5 Å². The van der Waals surface area contributed by atoms with Crippen molar-refractivity contribution >= 4 is 5.69 Å². The molecule has 0 radical (unpaired) electrons. The second-order valence-corrected chi connectivity index (χ2v) is 6.41. The first-order valence-electron chi connectivity index (χ1n) is 7.34. The van der Waals surface area contributed by atoms with Crippen molar-refractivity contribution < 1.29 is 0 Å². The summed E-state index contributed by atoms with van der Waals surface area (Å²) in [6, 6.07) is 10.9. The lowest BCUT2D eigenvalue weighted by Crippen LogP contribution is -2.31. The van der Waals surface area contributed by atoms with Crippen LogP contribution in [0, 0.1) is 16.7 Å². The van der Waals surface area contributed by atoms with Crippen LogP contribution >= 0.6 is 0 Å². The first-order chi connectivity index (χ1) is 9.34. The van der Waals surface area contributed by atoms with E-state index in [-0.39, 0.29) is 5.41 Å². The van der Waals surface area contributed by atoms with Gasteiger partial charge in [-0.15, -0.1) is 0 Å². The fourth-order valence-electron chi connectivity index (χ4n) is 2.16. The fraction of sp³-hybridized carbons (Fsp3) is 0.588. The number of anilines is 1. The molecule has 0 aliphatic rings. The normalized spacial score (nSPS) is 11.8. The molecule has 0 bridgehead atoms. The standard InChI is InChI=1S/C17H27N3/c1-14(2)20(11-5-10-17(3,4)13-18)12-15-6-8-16(19)9-7-15/h6-9,14H,5,10-12,19H2,1-4H3. The Morgan fingerprint density at radius 1 is 1.25 bits per heavy atom. The Labute approximate surface area is 123 Å². The lowest BCUT2D eigenvalue weighted by molar-refractivity contribution is 0.201. The number of nitriles is 1. The van der Waals surface area contributed by atoms with Gasteiger partial charge < -0.3 is 5.73 Å². The van der Waals surface area contributed by atoms with Gasteiger partial charge in [0.2, 0.25) is 0 Å². The van der Waals surface area contributed by atoms with E-state index in [1.165, 1.54) is 5.56 Å². The Kier molecular flexibility index (Phi) is 6.04. The van der Waals surface area contributed by atoms with Gasteiger partial charge in [0.1, 0.15) is 0 Å². The van der Waals surface area contributed by atoms with Gasteiger partial charge in [0.05, 0.1) is 11.5 Å². The van der Waals surface area contributed by atoms with Gasteiger partial charge in [-0.2, -0.15) is 5.26 Å². The highest BCUT2D eigenvalue weighted by molar-refractivity contribution is 5.39. The largest absolute Gasteiger partial charge is 0.399 e. The number of hydrogen-bond acceptors (Lipinski definition) is 3. The summed E-state index contributed by atoms with van der Waals surface area (Å²) >= 11 is 0. The van der Waals surface area contributed by atoms with Gasteiger partial charge in [-0.05, 0) is 64.8 Å². The van der Waals surface area contributed by atoms with Crippen molar-refractivity contribution in [2.45, 2.75) is 53.1 Å². The van der Waals surface area contributed by atoms with Gasteiger partial charge in [0.15, 0.2) is 0 Å². The number of hydrogen-bond donors (Lipinski definition) is 1. The van der Waals surface area contributed by atoms with Gasteiger partial charge in [0, 0.05) is 18.3 Å². The smallest absolute Gasteiger partial charge is 0.0683 e. The molecule has 1 aromatic rings. The highest BCUT2D eigenvalue weighted by Crippen LogP contribution is 2.21. The monoisotopic (exact) mass is 273 g/mol. The molecule has 0 spiro atoms. The van der Waals surface area contributed by atoms with Gasteiger partial charge in [-0.25, -0.2) is 0 Å². The molecule has 0 aliphatic carbocycles. The molecule has 0 saturated carbocycles. The highest BCUT2D eigenvalue weighted by atomic mass is 15.1. The molecule has 0 aromatic heterocycles. The molecule has 0 heterocycles. The van der Waals surface area contributed by atoms with Crippen molar-refractivity contribution in [2.24, 2.45) is 5.41 Å². The molecule has 0 saturated heterocycles. The van der Waals surface area contributed by atoms with Crippen molar-refractivity contribution in [1.29, 1.82) is 5.26 Å². The topological polar surface area (TPSA) is 53.0 Å². The maximum absolute atomic E-state index is 9.05. The van der Waals surface area contributed by atoms with E-state index in [0.29, 0.717) is 6.04 Å². The highest BCUT2D eigenvalue weighted by Gasteiger charge is 2.17. The molecule has 0 unspecified atom stereocenters. The van der Waals surface area contributed by atoms with E-state index in [9.17, 15) is 0 Å². The van der Waals surface area contributed by atoms with E-state index >= 15 is 0 Å². The second kappa shape index (κ2) is 7.31.